The molecule has 8 heteroatoms. The van der Waals surface area contributed by atoms with Gasteiger partial charge in [-0.25, -0.2) is 10.1 Å². The van der Waals surface area contributed by atoms with E-state index in [0.29, 0.717) is 6.42 Å². The number of phosphoric acid groups is 1. The topological polar surface area (TPSA) is 87.7 Å². The van der Waals surface area contributed by atoms with E-state index in [4.69, 9.17) is 0 Å². The van der Waals surface area contributed by atoms with Gasteiger partial charge in [0.05, 0.1) is 6.61 Å². The molecule has 0 aliphatic carbocycles. The number of unbranched alkanes of at least 4 members (excludes halogenated alkanes) is 4. The normalized spacial score (nSPS) is 13.7. The molecule has 0 spiro atoms. The standard InChI is InChI=1S/C14H24NO5PS/c1-2-3-4-5-6-9-14(16)15-20-21(17,18)19-11-10-13-8-7-12-22-13/h7-8,12H,2-6,9-11H2,1H3,(H,15,16)(H,17,18)/p-1. The first-order valence-electron chi connectivity index (χ1n) is 7.49. The minimum Gasteiger partial charge on any atom is -0.755 e. The van der Waals surface area contributed by atoms with Crippen LogP contribution in [-0.4, -0.2) is 12.5 Å². The second-order valence-electron chi connectivity index (χ2n) is 4.89. The summed E-state index contributed by atoms with van der Waals surface area (Å²) in [6.07, 6.45) is 5.77. The van der Waals surface area contributed by atoms with Gasteiger partial charge >= 0.3 is 0 Å². The molecule has 1 amide bonds. The summed E-state index contributed by atoms with van der Waals surface area (Å²) in [5.74, 6) is -0.450. The Morgan fingerprint density at radius 1 is 1.36 bits per heavy atom. The van der Waals surface area contributed by atoms with Crippen LogP contribution in [0.15, 0.2) is 17.5 Å². The molecule has 1 aromatic heterocycles. The molecule has 1 atom stereocenters. The van der Waals surface area contributed by atoms with E-state index in [1.807, 2.05) is 23.0 Å². The molecule has 22 heavy (non-hydrogen) atoms. The second-order valence-corrected chi connectivity index (χ2v) is 7.26. The number of nitrogens with one attached hydrogen (secondary N) is 1. The van der Waals surface area contributed by atoms with Crippen LogP contribution in [0.2, 0.25) is 0 Å². The number of rotatable bonds is 12. The van der Waals surface area contributed by atoms with Crippen LogP contribution in [0.4, 0.5) is 0 Å². The van der Waals surface area contributed by atoms with Crippen molar-refractivity contribution in [3.05, 3.63) is 22.4 Å². The molecule has 6 nitrogen and oxygen atoms in total. The summed E-state index contributed by atoms with van der Waals surface area (Å²) in [5, 5.41) is 1.91. The Hall–Kier alpha value is -0.720. The first-order valence-corrected chi connectivity index (χ1v) is 9.83. The van der Waals surface area contributed by atoms with Gasteiger partial charge in [-0.1, -0.05) is 38.7 Å². The van der Waals surface area contributed by atoms with Gasteiger partial charge in [0.2, 0.25) is 5.91 Å². The Balaban J connectivity index is 2.10. The molecule has 0 aliphatic rings. The number of hydroxylamine groups is 1. The van der Waals surface area contributed by atoms with Crippen molar-refractivity contribution in [3.63, 3.8) is 0 Å². The highest BCUT2D eigenvalue weighted by atomic mass is 32.1. The van der Waals surface area contributed by atoms with Gasteiger partial charge in [0.1, 0.15) is 0 Å². The summed E-state index contributed by atoms with van der Waals surface area (Å²) in [7, 11) is -4.49. The first-order chi connectivity index (χ1) is 10.5. The van der Waals surface area contributed by atoms with Crippen LogP contribution in [0.3, 0.4) is 0 Å². The third-order valence-electron chi connectivity index (χ3n) is 2.96. The van der Waals surface area contributed by atoms with Gasteiger partial charge in [0, 0.05) is 17.7 Å². The van der Waals surface area contributed by atoms with E-state index in [1.54, 1.807) is 0 Å². The van der Waals surface area contributed by atoms with E-state index in [9.17, 15) is 14.3 Å². The minimum absolute atomic E-state index is 0.00577. The summed E-state index contributed by atoms with van der Waals surface area (Å²) in [6.45, 7) is 2.11. The van der Waals surface area contributed by atoms with E-state index in [2.05, 4.69) is 16.1 Å². The van der Waals surface area contributed by atoms with Crippen molar-refractivity contribution in [1.82, 2.24) is 5.48 Å². The van der Waals surface area contributed by atoms with Crippen LogP contribution in [0.25, 0.3) is 0 Å². The zero-order valence-corrected chi connectivity index (χ0v) is 14.5. The Morgan fingerprint density at radius 3 is 2.82 bits per heavy atom. The van der Waals surface area contributed by atoms with Crippen molar-refractivity contribution in [2.24, 2.45) is 0 Å². The van der Waals surface area contributed by atoms with Crippen molar-refractivity contribution < 1.29 is 23.4 Å². The maximum Gasteiger partial charge on any atom is 0.290 e. The number of hydrogen-bond acceptors (Lipinski definition) is 6. The molecule has 126 valence electrons. The number of phosphoric ester groups is 1. The third-order valence-corrected chi connectivity index (χ3v) is 4.71. The lowest BCUT2D eigenvalue weighted by atomic mass is 10.1. The molecular formula is C14H23NO5PS-. The van der Waals surface area contributed by atoms with E-state index in [0.717, 1.165) is 37.0 Å². The molecule has 1 N–H and O–H groups in total. The van der Waals surface area contributed by atoms with Crippen LogP contribution in [0, 0.1) is 0 Å². The summed E-state index contributed by atoms with van der Waals surface area (Å²) in [6, 6.07) is 3.78. The lowest BCUT2D eigenvalue weighted by Gasteiger charge is -2.21. The predicted octanol–water partition coefficient (Wildman–Crippen LogP) is 3.18. The zero-order chi connectivity index (χ0) is 16.3. The largest absolute Gasteiger partial charge is 0.755 e. The fourth-order valence-corrected chi connectivity index (χ4v) is 3.06. The zero-order valence-electron chi connectivity index (χ0n) is 12.8. The summed E-state index contributed by atoms with van der Waals surface area (Å²) in [4.78, 5) is 23.9. The molecule has 0 radical (unpaired) electrons. The van der Waals surface area contributed by atoms with E-state index < -0.39 is 13.7 Å². The van der Waals surface area contributed by atoms with Gasteiger partial charge < -0.3 is 9.42 Å². The van der Waals surface area contributed by atoms with Gasteiger partial charge in [-0.3, -0.25) is 9.36 Å². The SMILES string of the molecule is CCCCCCCC(=O)NOP(=O)([O-])OCCc1cccs1. The van der Waals surface area contributed by atoms with Gasteiger partial charge in [-0.2, -0.15) is 0 Å². The van der Waals surface area contributed by atoms with E-state index in [1.165, 1.54) is 11.3 Å². The average Bonchev–Trinajstić information content (AvgIpc) is 2.98. The molecule has 0 bridgehead atoms. The van der Waals surface area contributed by atoms with Crippen LogP contribution in [0.5, 0.6) is 0 Å². The Bertz CT molecular complexity index is 466. The molecule has 1 aromatic rings. The average molecular weight is 348 g/mol. The minimum atomic E-state index is -4.49. The maximum absolute atomic E-state index is 11.5. The fraction of sp³-hybridized carbons (Fsp3) is 0.643. The highest BCUT2D eigenvalue weighted by Crippen LogP contribution is 2.36. The molecule has 0 saturated heterocycles. The summed E-state index contributed by atoms with van der Waals surface area (Å²) >= 11 is 1.52. The smallest absolute Gasteiger partial charge is 0.290 e. The van der Waals surface area contributed by atoms with Crippen LogP contribution >= 0.6 is 19.2 Å². The predicted molar refractivity (Wildman–Crippen MR) is 84.2 cm³/mol. The second kappa shape index (κ2) is 10.9. The number of amides is 1. The van der Waals surface area contributed by atoms with Crippen LogP contribution in [-0.2, 0) is 24.9 Å². The van der Waals surface area contributed by atoms with Crippen molar-refractivity contribution >= 4 is 25.1 Å². The number of carbonyl (C=O) groups is 1. The van der Waals surface area contributed by atoms with Crippen molar-refractivity contribution in [2.75, 3.05) is 6.61 Å². The lowest BCUT2D eigenvalue weighted by molar-refractivity contribution is -0.231. The Morgan fingerprint density at radius 2 is 2.14 bits per heavy atom. The van der Waals surface area contributed by atoms with Gasteiger partial charge in [0.25, 0.3) is 7.82 Å². The molecule has 0 saturated carbocycles. The summed E-state index contributed by atoms with van der Waals surface area (Å²) < 4.78 is 20.5. The Labute approximate surface area is 135 Å². The lowest BCUT2D eigenvalue weighted by Crippen LogP contribution is -2.25. The van der Waals surface area contributed by atoms with Crippen molar-refractivity contribution in [3.8, 4) is 0 Å². The monoisotopic (exact) mass is 348 g/mol. The Kier molecular flexibility index (Phi) is 9.59. The molecule has 1 heterocycles. The molecular weight excluding hydrogens is 325 g/mol. The first kappa shape index (κ1) is 19.3. The number of thiophene rings is 1. The van der Waals surface area contributed by atoms with Crippen LogP contribution in [0.1, 0.15) is 50.3 Å². The quantitative estimate of drug-likeness (QED) is 0.356. The fourth-order valence-electron chi connectivity index (χ4n) is 1.79. The summed E-state index contributed by atoms with van der Waals surface area (Å²) in [5.41, 5.74) is 1.92. The molecule has 0 fully saturated rings. The highest BCUT2D eigenvalue weighted by molar-refractivity contribution is 7.45. The molecule has 1 rings (SSSR count). The number of hydrogen-bond donors (Lipinski definition) is 1. The molecule has 1 unspecified atom stereocenters. The van der Waals surface area contributed by atoms with E-state index >= 15 is 0 Å². The van der Waals surface area contributed by atoms with E-state index in [-0.39, 0.29) is 13.0 Å². The van der Waals surface area contributed by atoms with Gasteiger partial charge in [0.15, 0.2) is 0 Å². The third kappa shape index (κ3) is 9.33. The van der Waals surface area contributed by atoms with Crippen LogP contribution < -0.4 is 10.4 Å². The number of carbonyl (C=O) groups excluding carboxylic acids is 1. The molecule has 0 aliphatic heterocycles. The maximum atomic E-state index is 11.5. The van der Waals surface area contributed by atoms with Gasteiger partial charge in [-0.15, -0.1) is 11.3 Å². The van der Waals surface area contributed by atoms with Crippen molar-refractivity contribution in [1.29, 1.82) is 0 Å². The highest BCUT2D eigenvalue weighted by Gasteiger charge is 2.12. The molecule has 0 aromatic carbocycles. The van der Waals surface area contributed by atoms with Gasteiger partial charge in [-0.05, 0) is 17.9 Å². The van der Waals surface area contributed by atoms with Crippen molar-refractivity contribution in [2.45, 2.75) is 51.9 Å².